The van der Waals surface area contributed by atoms with Crippen LogP contribution in [0.2, 0.25) is 0 Å². The van der Waals surface area contributed by atoms with E-state index in [1.807, 2.05) is 18.2 Å². The van der Waals surface area contributed by atoms with Crippen LogP contribution in [0.3, 0.4) is 0 Å². The molecule has 1 saturated heterocycles. The number of sulfonamides is 1. The zero-order valence-electron chi connectivity index (χ0n) is 12.9. The SMILES string of the molecule is Cc1cc(N2CCC(NS(C)(=O)=O)CC2)nc2ccccc12. The maximum Gasteiger partial charge on any atom is 0.208 e. The van der Waals surface area contributed by atoms with Crippen molar-refractivity contribution in [3.8, 4) is 0 Å². The number of hydrogen-bond acceptors (Lipinski definition) is 4. The fourth-order valence-corrected chi connectivity index (χ4v) is 3.86. The summed E-state index contributed by atoms with van der Waals surface area (Å²) in [4.78, 5) is 6.98. The van der Waals surface area contributed by atoms with Gasteiger partial charge in [-0.25, -0.2) is 18.1 Å². The standard InChI is InChI=1S/C16H21N3O2S/c1-12-11-16(17-15-6-4-3-5-14(12)15)19-9-7-13(8-10-19)18-22(2,20)21/h3-6,11,13,18H,7-10H2,1-2H3. The van der Waals surface area contributed by atoms with Crippen molar-refractivity contribution in [3.05, 3.63) is 35.9 Å². The van der Waals surface area contributed by atoms with Crippen LogP contribution in [-0.4, -0.2) is 38.8 Å². The van der Waals surface area contributed by atoms with Gasteiger partial charge >= 0.3 is 0 Å². The molecule has 22 heavy (non-hydrogen) atoms. The number of nitrogens with one attached hydrogen (secondary N) is 1. The van der Waals surface area contributed by atoms with E-state index in [1.165, 1.54) is 17.2 Å². The van der Waals surface area contributed by atoms with Gasteiger partial charge in [-0.2, -0.15) is 0 Å². The molecule has 0 atom stereocenters. The Hall–Kier alpha value is -1.66. The van der Waals surface area contributed by atoms with Crippen LogP contribution >= 0.6 is 0 Å². The van der Waals surface area contributed by atoms with Gasteiger partial charge in [0.1, 0.15) is 5.82 Å². The molecular weight excluding hydrogens is 298 g/mol. The van der Waals surface area contributed by atoms with Crippen molar-refractivity contribution in [2.24, 2.45) is 0 Å². The minimum atomic E-state index is -3.13. The van der Waals surface area contributed by atoms with Crippen LogP contribution in [0.25, 0.3) is 10.9 Å². The largest absolute Gasteiger partial charge is 0.356 e. The van der Waals surface area contributed by atoms with Gasteiger partial charge in [0.15, 0.2) is 0 Å². The molecule has 118 valence electrons. The van der Waals surface area contributed by atoms with Gasteiger partial charge in [0.05, 0.1) is 11.8 Å². The number of hydrogen-bond donors (Lipinski definition) is 1. The molecule has 1 aliphatic rings. The molecule has 2 heterocycles. The predicted molar refractivity (Wildman–Crippen MR) is 89.7 cm³/mol. The number of pyridine rings is 1. The minimum Gasteiger partial charge on any atom is -0.356 e. The van der Waals surface area contributed by atoms with Crippen molar-refractivity contribution in [1.82, 2.24) is 9.71 Å². The molecule has 6 heteroatoms. The van der Waals surface area contributed by atoms with E-state index in [4.69, 9.17) is 4.98 Å². The van der Waals surface area contributed by atoms with E-state index in [9.17, 15) is 8.42 Å². The number of rotatable bonds is 3. The van der Waals surface area contributed by atoms with Crippen molar-refractivity contribution >= 4 is 26.7 Å². The van der Waals surface area contributed by atoms with Gasteiger partial charge in [0.2, 0.25) is 10.0 Å². The fraction of sp³-hybridized carbons (Fsp3) is 0.438. The van der Waals surface area contributed by atoms with Crippen LogP contribution in [-0.2, 0) is 10.0 Å². The van der Waals surface area contributed by atoms with Crippen LogP contribution in [0, 0.1) is 6.92 Å². The maximum atomic E-state index is 11.3. The first-order chi connectivity index (χ1) is 10.4. The zero-order valence-corrected chi connectivity index (χ0v) is 13.7. The first-order valence-corrected chi connectivity index (χ1v) is 9.40. The molecule has 5 nitrogen and oxygen atoms in total. The molecule has 1 aliphatic heterocycles. The van der Waals surface area contributed by atoms with Crippen LogP contribution in [0.1, 0.15) is 18.4 Å². The van der Waals surface area contributed by atoms with Gasteiger partial charge < -0.3 is 4.90 Å². The molecule has 1 fully saturated rings. The quantitative estimate of drug-likeness (QED) is 0.940. The normalized spacial score (nSPS) is 17.1. The Balaban J connectivity index is 1.76. The molecule has 1 aromatic carbocycles. The molecule has 0 radical (unpaired) electrons. The highest BCUT2D eigenvalue weighted by Gasteiger charge is 2.22. The lowest BCUT2D eigenvalue weighted by molar-refractivity contribution is 0.460. The summed E-state index contributed by atoms with van der Waals surface area (Å²) in [6.07, 6.45) is 2.83. The van der Waals surface area contributed by atoms with E-state index in [0.717, 1.165) is 37.3 Å². The van der Waals surface area contributed by atoms with E-state index in [0.29, 0.717) is 0 Å². The molecule has 0 amide bonds. The van der Waals surface area contributed by atoms with Crippen molar-refractivity contribution in [1.29, 1.82) is 0 Å². The monoisotopic (exact) mass is 319 g/mol. The highest BCUT2D eigenvalue weighted by molar-refractivity contribution is 7.88. The molecule has 0 aliphatic carbocycles. The summed E-state index contributed by atoms with van der Waals surface area (Å²) in [5.41, 5.74) is 2.23. The number of aryl methyl sites for hydroxylation is 1. The summed E-state index contributed by atoms with van der Waals surface area (Å²) in [5, 5.41) is 1.18. The maximum absolute atomic E-state index is 11.3. The summed E-state index contributed by atoms with van der Waals surface area (Å²) in [6.45, 7) is 3.74. The fourth-order valence-electron chi connectivity index (χ4n) is 3.02. The van der Waals surface area contributed by atoms with E-state index in [1.54, 1.807) is 0 Å². The van der Waals surface area contributed by atoms with Gasteiger partial charge in [-0.05, 0) is 37.5 Å². The molecule has 0 spiro atoms. The summed E-state index contributed by atoms with van der Waals surface area (Å²) < 4.78 is 25.3. The minimum absolute atomic E-state index is 0.0350. The van der Waals surface area contributed by atoms with Crippen LogP contribution in [0.15, 0.2) is 30.3 Å². The Morgan fingerprint density at radius 1 is 1.23 bits per heavy atom. The van der Waals surface area contributed by atoms with Crippen molar-refractivity contribution in [2.45, 2.75) is 25.8 Å². The number of aromatic nitrogens is 1. The summed E-state index contributed by atoms with van der Waals surface area (Å²) >= 11 is 0. The summed E-state index contributed by atoms with van der Waals surface area (Å²) in [5.74, 6) is 0.981. The molecule has 2 aromatic rings. The lowest BCUT2D eigenvalue weighted by Gasteiger charge is -2.33. The molecule has 0 saturated carbocycles. The Labute approximate surface area is 131 Å². The van der Waals surface area contributed by atoms with E-state index < -0.39 is 10.0 Å². The van der Waals surface area contributed by atoms with Gasteiger partial charge in [0.25, 0.3) is 0 Å². The smallest absolute Gasteiger partial charge is 0.208 e. The van der Waals surface area contributed by atoms with Gasteiger partial charge in [-0.15, -0.1) is 0 Å². The number of benzene rings is 1. The molecule has 3 rings (SSSR count). The molecule has 1 aromatic heterocycles. The average molecular weight is 319 g/mol. The van der Waals surface area contributed by atoms with Gasteiger partial charge in [-0.1, -0.05) is 18.2 Å². The summed E-state index contributed by atoms with van der Waals surface area (Å²) in [6, 6.07) is 10.3. The van der Waals surface area contributed by atoms with Crippen LogP contribution in [0.4, 0.5) is 5.82 Å². The highest BCUT2D eigenvalue weighted by Crippen LogP contribution is 2.24. The van der Waals surface area contributed by atoms with E-state index >= 15 is 0 Å². The average Bonchev–Trinajstić information content (AvgIpc) is 2.46. The Kier molecular flexibility index (Phi) is 4.06. The van der Waals surface area contributed by atoms with Crippen molar-refractivity contribution in [2.75, 3.05) is 24.2 Å². The molecule has 0 unspecified atom stereocenters. The Morgan fingerprint density at radius 3 is 2.59 bits per heavy atom. The van der Waals surface area contributed by atoms with Crippen molar-refractivity contribution < 1.29 is 8.42 Å². The number of fused-ring (bicyclic) bond motifs is 1. The molecule has 0 bridgehead atoms. The van der Waals surface area contributed by atoms with E-state index in [2.05, 4.69) is 28.7 Å². The second-order valence-corrected chi connectivity index (χ2v) is 7.75. The van der Waals surface area contributed by atoms with Crippen molar-refractivity contribution in [3.63, 3.8) is 0 Å². The Morgan fingerprint density at radius 2 is 1.91 bits per heavy atom. The van der Waals surface area contributed by atoms with Crippen LogP contribution < -0.4 is 9.62 Å². The van der Waals surface area contributed by atoms with Gasteiger partial charge in [0, 0.05) is 24.5 Å². The topological polar surface area (TPSA) is 62.3 Å². The van der Waals surface area contributed by atoms with Crippen LogP contribution in [0.5, 0.6) is 0 Å². The number of para-hydroxylation sites is 1. The molecular formula is C16H21N3O2S. The Bertz CT molecular complexity index is 781. The third kappa shape index (κ3) is 3.39. The first-order valence-electron chi connectivity index (χ1n) is 7.51. The predicted octanol–water partition coefficient (Wildman–Crippen LogP) is 2.06. The van der Waals surface area contributed by atoms with E-state index in [-0.39, 0.29) is 6.04 Å². The highest BCUT2D eigenvalue weighted by atomic mass is 32.2. The molecule has 1 N–H and O–H groups in total. The second-order valence-electron chi connectivity index (χ2n) is 5.97. The number of nitrogens with zero attached hydrogens (tertiary/aromatic N) is 2. The van der Waals surface area contributed by atoms with Gasteiger partial charge in [-0.3, -0.25) is 0 Å². The lowest BCUT2D eigenvalue weighted by Crippen LogP contribution is -2.44. The first kappa shape index (κ1) is 15.2. The summed E-state index contributed by atoms with van der Waals surface area (Å²) in [7, 11) is -3.13. The third-order valence-electron chi connectivity index (χ3n) is 4.11. The lowest BCUT2D eigenvalue weighted by atomic mass is 10.1. The third-order valence-corrected chi connectivity index (χ3v) is 4.87. The second kappa shape index (κ2) is 5.85. The zero-order chi connectivity index (χ0) is 15.7. The number of anilines is 1. The number of piperidine rings is 1.